The van der Waals surface area contributed by atoms with Gasteiger partial charge in [0.1, 0.15) is 0 Å². The van der Waals surface area contributed by atoms with Crippen LogP contribution in [0.1, 0.15) is 39.2 Å². The van der Waals surface area contributed by atoms with Crippen molar-refractivity contribution in [1.82, 2.24) is 0 Å². The molecule has 1 nitrogen and oxygen atoms in total. The number of benzene rings is 1. The van der Waals surface area contributed by atoms with Crippen LogP contribution in [0.25, 0.3) is 0 Å². The van der Waals surface area contributed by atoms with E-state index in [1.165, 1.54) is 5.56 Å². The van der Waals surface area contributed by atoms with Gasteiger partial charge in [-0.25, -0.2) is 0 Å². The lowest BCUT2D eigenvalue weighted by Crippen LogP contribution is -2.34. The average molecular weight is 206 g/mol. The zero-order valence-corrected chi connectivity index (χ0v) is 10.4. The van der Waals surface area contributed by atoms with Gasteiger partial charge in [0, 0.05) is 13.0 Å². The van der Waals surface area contributed by atoms with Crippen LogP contribution >= 0.6 is 0 Å². The summed E-state index contributed by atoms with van der Waals surface area (Å²) in [6.07, 6.45) is 0. The van der Waals surface area contributed by atoms with Crippen LogP contribution in [-0.2, 0) is 4.74 Å². The third kappa shape index (κ3) is 2.82. The van der Waals surface area contributed by atoms with E-state index in [0.717, 1.165) is 0 Å². The van der Waals surface area contributed by atoms with Crippen molar-refractivity contribution in [2.45, 2.75) is 39.2 Å². The SMILES string of the molecule is COC(C)(C)C(c1ccccc1)C(C)C. The molecule has 0 N–H and O–H groups in total. The Morgan fingerprint density at radius 3 is 2.00 bits per heavy atom. The van der Waals surface area contributed by atoms with Gasteiger partial charge in [0.05, 0.1) is 5.60 Å². The lowest BCUT2D eigenvalue weighted by atomic mass is 9.77. The Hall–Kier alpha value is -0.820. The number of rotatable bonds is 4. The number of hydrogen-bond acceptors (Lipinski definition) is 1. The first-order chi connectivity index (χ1) is 6.99. The molecule has 15 heavy (non-hydrogen) atoms. The zero-order valence-electron chi connectivity index (χ0n) is 10.4. The molecule has 0 spiro atoms. The number of hydrogen-bond donors (Lipinski definition) is 0. The first-order valence-electron chi connectivity index (χ1n) is 5.59. The van der Waals surface area contributed by atoms with Gasteiger partial charge in [0.2, 0.25) is 0 Å². The molecule has 1 unspecified atom stereocenters. The number of ether oxygens (including phenoxy) is 1. The van der Waals surface area contributed by atoms with E-state index in [4.69, 9.17) is 4.74 Å². The normalized spacial score (nSPS) is 14.3. The van der Waals surface area contributed by atoms with Crippen molar-refractivity contribution >= 4 is 0 Å². The third-order valence-corrected chi connectivity index (χ3v) is 3.10. The molecule has 1 aromatic rings. The molecule has 0 aliphatic heterocycles. The van der Waals surface area contributed by atoms with E-state index in [1.807, 2.05) is 0 Å². The van der Waals surface area contributed by atoms with E-state index < -0.39 is 0 Å². The molecule has 0 aliphatic carbocycles. The average Bonchev–Trinajstić information content (AvgIpc) is 2.18. The minimum Gasteiger partial charge on any atom is -0.378 e. The second kappa shape index (κ2) is 4.80. The second-order valence-electron chi connectivity index (χ2n) is 4.94. The molecule has 0 bridgehead atoms. The summed E-state index contributed by atoms with van der Waals surface area (Å²) in [5.74, 6) is 1.01. The zero-order chi connectivity index (χ0) is 11.5. The maximum atomic E-state index is 5.62. The Kier molecular flexibility index (Phi) is 3.92. The van der Waals surface area contributed by atoms with E-state index in [9.17, 15) is 0 Å². The fourth-order valence-electron chi connectivity index (χ4n) is 2.38. The first kappa shape index (κ1) is 12.3. The predicted molar refractivity (Wildman–Crippen MR) is 65.1 cm³/mol. The van der Waals surface area contributed by atoms with Crippen LogP contribution in [0.2, 0.25) is 0 Å². The quantitative estimate of drug-likeness (QED) is 0.727. The summed E-state index contributed by atoms with van der Waals surface area (Å²) in [5, 5.41) is 0. The Balaban J connectivity index is 3.04. The minimum atomic E-state index is -0.116. The summed E-state index contributed by atoms with van der Waals surface area (Å²) < 4.78 is 5.62. The fourth-order valence-corrected chi connectivity index (χ4v) is 2.38. The second-order valence-corrected chi connectivity index (χ2v) is 4.94. The molecule has 1 heteroatoms. The van der Waals surface area contributed by atoms with Crippen molar-refractivity contribution in [2.24, 2.45) is 5.92 Å². The highest BCUT2D eigenvalue weighted by atomic mass is 16.5. The van der Waals surface area contributed by atoms with Crippen LogP contribution in [0.15, 0.2) is 30.3 Å². The lowest BCUT2D eigenvalue weighted by molar-refractivity contribution is -0.0140. The smallest absolute Gasteiger partial charge is 0.0693 e. The summed E-state index contributed by atoms with van der Waals surface area (Å²) >= 11 is 0. The summed E-state index contributed by atoms with van der Waals surface area (Å²) in [5.41, 5.74) is 1.24. The van der Waals surface area contributed by atoms with Gasteiger partial charge < -0.3 is 4.74 Å². The highest BCUT2D eigenvalue weighted by molar-refractivity contribution is 5.23. The third-order valence-electron chi connectivity index (χ3n) is 3.10. The highest BCUT2D eigenvalue weighted by Gasteiger charge is 2.32. The number of methoxy groups -OCH3 is 1. The monoisotopic (exact) mass is 206 g/mol. The van der Waals surface area contributed by atoms with E-state index in [-0.39, 0.29) is 5.60 Å². The molecular formula is C14H22O. The van der Waals surface area contributed by atoms with Crippen LogP contribution in [0, 0.1) is 5.92 Å². The Labute approximate surface area is 93.5 Å². The van der Waals surface area contributed by atoms with Gasteiger partial charge in [0.25, 0.3) is 0 Å². The molecule has 1 atom stereocenters. The molecular weight excluding hydrogens is 184 g/mol. The maximum absolute atomic E-state index is 5.62. The molecule has 0 amide bonds. The van der Waals surface area contributed by atoms with Crippen molar-refractivity contribution < 1.29 is 4.74 Å². The van der Waals surface area contributed by atoms with Crippen molar-refractivity contribution in [3.8, 4) is 0 Å². The van der Waals surface area contributed by atoms with Gasteiger partial charge in [-0.1, -0.05) is 44.2 Å². The van der Waals surface area contributed by atoms with Crippen LogP contribution in [-0.4, -0.2) is 12.7 Å². The van der Waals surface area contributed by atoms with Crippen LogP contribution < -0.4 is 0 Å². The summed E-state index contributed by atoms with van der Waals surface area (Å²) in [6.45, 7) is 8.81. The molecule has 0 heterocycles. The van der Waals surface area contributed by atoms with Crippen molar-refractivity contribution in [3.05, 3.63) is 35.9 Å². The van der Waals surface area contributed by atoms with Gasteiger partial charge in [-0.05, 0) is 25.3 Å². The molecule has 0 radical (unpaired) electrons. The van der Waals surface area contributed by atoms with Gasteiger partial charge in [-0.2, -0.15) is 0 Å². The van der Waals surface area contributed by atoms with E-state index >= 15 is 0 Å². The molecule has 0 aliphatic rings. The van der Waals surface area contributed by atoms with Gasteiger partial charge in [0.15, 0.2) is 0 Å². The van der Waals surface area contributed by atoms with Crippen molar-refractivity contribution in [1.29, 1.82) is 0 Å². The maximum Gasteiger partial charge on any atom is 0.0693 e. The van der Waals surface area contributed by atoms with Crippen molar-refractivity contribution in [3.63, 3.8) is 0 Å². The van der Waals surface area contributed by atoms with Crippen LogP contribution in [0.3, 0.4) is 0 Å². The minimum absolute atomic E-state index is 0.116. The van der Waals surface area contributed by atoms with Gasteiger partial charge in [-0.15, -0.1) is 0 Å². The lowest BCUT2D eigenvalue weighted by Gasteiger charge is -2.36. The summed E-state index contributed by atoms with van der Waals surface area (Å²) in [6, 6.07) is 10.6. The van der Waals surface area contributed by atoms with Gasteiger partial charge in [-0.3, -0.25) is 0 Å². The molecule has 0 saturated carbocycles. The van der Waals surface area contributed by atoms with Crippen molar-refractivity contribution in [2.75, 3.05) is 7.11 Å². The summed E-state index contributed by atoms with van der Waals surface area (Å²) in [4.78, 5) is 0. The Morgan fingerprint density at radius 1 is 1.07 bits per heavy atom. The van der Waals surface area contributed by atoms with E-state index in [1.54, 1.807) is 7.11 Å². The molecule has 0 aromatic heterocycles. The summed E-state index contributed by atoms with van der Waals surface area (Å²) in [7, 11) is 1.79. The van der Waals surface area contributed by atoms with Gasteiger partial charge >= 0.3 is 0 Å². The molecule has 1 rings (SSSR count). The van der Waals surface area contributed by atoms with E-state index in [0.29, 0.717) is 11.8 Å². The van der Waals surface area contributed by atoms with Crippen LogP contribution in [0.5, 0.6) is 0 Å². The fraction of sp³-hybridized carbons (Fsp3) is 0.571. The Morgan fingerprint density at radius 2 is 1.60 bits per heavy atom. The molecule has 0 fully saturated rings. The predicted octanol–water partition coefficient (Wildman–Crippen LogP) is 3.85. The van der Waals surface area contributed by atoms with E-state index in [2.05, 4.69) is 58.0 Å². The highest BCUT2D eigenvalue weighted by Crippen LogP contribution is 2.36. The van der Waals surface area contributed by atoms with Crippen LogP contribution in [0.4, 0.5) is 0 Å². The molecule has 84 valence electrons. The topological polar surface area (TPSA) is 9.23 Å². The molecule has 1 aromatic carbocycles. The first-order valence-corrected chi connectivity index (χ1v) is 5.59. The Bertz CT molecular complexity index is 287. The largest absolute Gasteiger partial charge is 0.378 e. The molecule has 0 saturated heterocycles. The standard InChI is InChI=1S/C14H22O/c1-11(2)13(14(3,4)15-5)12-9-7-6-8-10-12/h6-11,13H,1-5H3.